The fraction of sp³-hybridized carbons (Fsp3) is 0.600. The van der Waals surface area contributed by atoms with Crippen LogP contribution in [0, 0.1) is 0 Å². The predicted molar refractivity (Wildman–Crippen MR) is 260 cm³/mol. The Morgan fingerprint density at radius 3 is 0.923 bits per heavy atom. The first kappa shape index (κ1) is 43.9. The molecular weight excluding hydrogens is 737 g/mol. The average Bonchev–Trinajstić information content (AvgIpc) is 3.56. The zero-order valence-electron chi connectivity index (χ0n) is 38.1. The lowest BCUT2D eigenvalue weighted by Gasteiger charge is -2.47. The molecule has 0 spiro atoms. The third kappa shape index (κ3) is 8.17. The average molecular weight is 818 g/mol. The van der Waals surface area contributed by atoms with Crippen LogP contribution in [0.15, 0.2) is 54.6 Å². The first-order valence-corrected chi connectivity index (χ1v) is 44.2. The van der Waals surface area contributed by atoms with Crippen LogP contribution in [0.1, 0.15) is 82.8 Å². The summed E-state index contributed by atoms with van der Waals surface area (Å²) in [6, 6.07) is 23.3. The fourth-order valence-corrected chi connectivity index (χ4v) is 57.1. The van der Waals surface area contributed by atoms with E-state index in [0.29, 0.717) is 22.2 Å². The Kier molecular flexibility index (Phi) is 12.1. The van der Waals surface area contributed by atoms with E-state index in [1.165, 1.54) is 0 Å². The summed E-state index contributed by atoms with van der Waals surface area (Å²) in [7, 11) is -12.4. The lowest BCUT2D eigenvalue weighted by atomic mass is 9.95. The van der Waals surface area contributed by atoms with E-state index in [0.717, 1.165) is 5.16 Å². The van der Waals surface area contributed by atoms with Crippen LogP contribution in [0.4, 0.5) is 0 Å². The van der Waals surface area contributed by atoms with Crippen LogP contribution in [-0.4, -0.2) is 56.5 Å². The van der Waals surface area contributed by atoms with Gasteiger partial charge in [-0.05, 0) is 75.9 Å². The number of fused-ring (bicyclic) bond motifs is 1. The van der Waals surface area contributed by atoms with Gasteiger partial charge < -0.3 is 0 Å². The molecule has 0 fully saturated rings. The Morgan fingerprint density at radius 1 is 0.365 bits per heavy atom. The molecule has 1 aliphatic rings. The Hall–Kier alpha value is -0.822. The minimum absolute atomic E-state index is 0.485. The van der Waals surface area contributed by atoms with Gasteiger partial charge in [0, 0.05) is 48.4 Å². The summed E-state index contributed by atoms with van der Waals surface area (Å²) in [6.45, 7) is 58.7. The summed E-state index contributed by atoms with van der Waals surface area (Å²) in [5.41, 5.74) is 8.69. The maximum atomic E-state index is 2.97. The lowest BCUT2D eigenvalue weighted by Crippen LogP contribution is -2.64. The molecule has 0 amide bonds. The van der Waals surface area contributed by atoms with Gasteiger partial charge in [0.1, 0.15) is 0 Å². The Morgan fingerprint density at radius 2 is 0.654 bits per heavy atom. The second-order valence-electron chi connectivity index (χ2n) is 24.0. The Bertz CT molecular complexity index is 1620. The van der Waals surface area contributed by atoms with Gasteiger partial charge in [-0.2, -0.15) is 0 Å². The monoisotopic (exact) mass is 816 g/mol. The highest BCUT2D eigenvalue weighted by Crippen LogP contribution is 2.46. The van der Waals surface area contributed by atoms with Crippen LogP contribution in [0.25, 0.3) is 0 Å². The molecule has 0 atom stereocenters. The summed E-state index contributed by atoms with van der Waals surface area (Å²) in [5, 5.41) is 9.24. The highest BCUT2D eigenvalue weighted by molar-refractivity contribution is 7.33. The third-order valence-electron chi connectivity index (χ3n) is 12.2. The minimum Gasteiger partial charge on any atom is -0.0693 e. The van der Waals surface area contributed by atoms with Gasteiger partial charge in [0.2, 0.25) is 0 Å². The van der Waals surface area contributed by atoms with Crippen LogP contribution in [-0.2, 0) is 0 Å². The maximum Gasteiger partial charge on any atom is 0.180 e. The second kappa shape index (κ2) is 14.3. The molecule has 0 saturated carbocycles. The van der Waals surface area contributed by atoms with Gasteiger partial charge in [-0.3, -0.25) is 0 Å². The summed E-state index contributed by atoms with van der Waals surface area (Å²) in [4.78, 5) is 0. The van der Waals surface area contributed by atoms with Crippen molar-refractivity contribution in [3.05, 3.63) is 82.4 Å². The molecule has 0 nitrogen and oxygen atoms in total. The second-order valence-corrected chi connectivity index (χ2v) is 61.2. The zero-order valence-corrected chi connectivity index (χ0v) is 45.1. The van der Waals surface area contributed by atoms with E-state index in [2.05, 4.69) is 200 Å². The Balaban J connectivity index is 2.50. The van der Waals surface area contributed by atoms with Gasteiger partial charge in [-0.25, -0.2) is 0 Å². The van der Waals surface area contributed by atoms with Crippen LogP contribution in [0.5, 0.6) is 0 Å². The van der Waals surface area contributed by atoms with Crippen molar-refractivity contribution in [3.63, 3.8) is 0 Å². The maximum absolute atomic E-state index is 2.97. The highest BCUT2D eigenvalue weighted by Gasteiger charge is 2.62. The molecule has 0 radical (unpaired) electrons. The third-order valence-corrected chi connectivity index (χ3v) is 45.0. The number of rotatable bonds is 13. The van der Waals surface area contributed by atoms with E-state index in [4.69, 9.17) is 0 Å². The van der Waals surface area contributed by atoms with E-state index < -0.39 is 56.5 Å². The molecule has 288 valence electrons. The van der Waals surface area contributed by atoms with E-state index >= 15 is 0 Å². The molecule has 0 unspecified atom stereocenters. The topological polar surface area (TPSA) is 0 Å². The minimum atomic E-state index is -2.52. The van der Waals surface area contributed by atoms with Gasteiger partial charge >= 0.3 is 0 Å². The summed E-state index contributed by atoms with van der Waals surface area (Å²) >= 11 is 0. The summed E-state index contributed by atoms with van der Waals surface area (Å²) in [5.74, 6) is 0.970. The number of benzene rings is 3. The van der Waals surface area contributed by atoms with Gasteiger partial charge in [-0.15, -0.1) is 0 Å². The molecule has 52 heavy (non-hydrogen) atoms. The van der Waals surface area contributed by atoms with E-state index in [1.807, 2.05) is 16.3 Å². The van der Waals surface area contributed by atoms with Crippen molar-refractivity contribution in [2.75, 3.05) is 0 Å². The molecule has 3 aromatic rings. The van der Waals surface area contributed by atoms with Crippen molar-refractivity contribution >= 4 is 77.3 Å². The number of hydrogen-bond acceptors (Lipinski definition) is 0. The Labute approximate surface area is 330 Å². The molecule has 3 aromatic carbocycles. The quantitative estimate of drug-likeness (QED) is 0.118. The molecule has 0 saturated heterocycles. The van der Waals surface area contributed by atoms with Crippen molar-refractivity contribution in [2.24, 2.45) is 0 Å². The van der Waals surface area contributed by atoms with Crippen molar-refractivity contribution in [2.45, 2.75) is 173 Å². The van der Waals surface area contributed by atoms with Crippen molar-refractivity contribution < 1.29 is 0 Å². The molecule has 1 aliphatic heterocycles. The first-order chi connectivity index (χ1) is 23.3. The largest absolute Gasteiger partial charge is 0.180 e. The van der Waals surface area contributed by atoms with E-state index in [1.54, 1.807) is 32.3 Å². The molecular formula is C45H80Si7. The van der Waals surface area contributed by atoms with Crippen molar-refractivity contribution in [1.29, 1.82) is 0 Å². The normalized spacial score (nSPS) is 15.8. The molecule has 1 heterocycles. The molecule has 0 aromatic heterocycles. The number of hydrogen-bond donors (Lipinski definition) is 0. The summed E-state index contributed by atoms with van der Waals surface area (Å²) < 4.78 is 0. The van der Waals surface area contributed by atoms with E-state index in [-0.39, 0.29) is 0 Å². The summed E-state index contributed by atoms with van der Waals surface area (Å²) in [6.07, 6.45) is 0. The zero-order chi connectivity index (χ0) is 39.9. The molecule has 0 aliphatic carbocycles. The molecule has 0 N–H and O–H groups in total. The molecule has 0 bridgehead atoms. The van der Waals surface area contributed by atoms with Gasteiger partial charge in [0.25, 0.3) is 0 Å². The molecule has 4 rings (SSSR count). The first-order valence-electron chi connectivity index (χ1n) is 20.7. The van der Waals surface area contributed by atoms with E-state index in [9.17, 15) is 0 Å². The van der Waals surface area contributed by atoms with Gasteiger partial charge in [0.15, 0.2) is 8.07 Å². The van der Waals surface area contributed by atoms with Crippen LogP contribution < -0.4 is 20.7 Å². The predicted octanol–water partition coefficient (Wildman–Crippen LogP) is 12.1. The van der Waals surface area contributed by atoms with Crippen molar-refractivity contribution in [1.82, 2.24) is 0 Å². The van der Waals surface area contributed by atoms with Gasteiger partial charge in [0.05, 0.1) is 0 Å². The smallest absolute Gasteiger partial charge is 0.0693 e. The molecule has 7 heteroatoms. The van der Waals surface area contributed by atoms with Crippen LogP contribution in [0.2, 0.25) is 118 Å². The fourth-order valence-electron chi connectivity index (χ4n) is 12.2. The van der Waals surface area contributed by atoms with Crippen molar-refractivity contribution in [3.8, 4) is 0 Å². The lowest BCUT2D eigenvalue weighted by molar-refractivity contribution is 0.845. The van der Waals surface area contributed by atoms with Crippen LogP contribution >= 0.6 is 0 Å². The van der Waals surface area contributed by atoms with Crippen LogP contribution in [0.3, 0.4) is 0 Å². The highest BCUT2D eigenvalue weighted by atomic mass is 28.4. The SMILES string of the molecule is CC(C)c1cccc(C(C)C)c1[Si]1(c2c(C([Si](C)(C)C)[Si](C)(C)C)cc(C([Si](C)(C)C)[Si](C)(C)C)cc2C([Si](C)(C)C)[Si](C)(C)C)c2ccccc21. The standard InChI is InChI=1S/C45H80Si7/c1-32(2)35-26-25-27-36(33(3)4)41(35)52(39-28-23-24-29-40(39)52)42-37(44(48(11,12)13)49(14,15)16)30-34(43(46(5,6)7)47(8,9)10)31-38(42)45(50(17,18)19)51(20,21)22/h23-33,43-45H,1-22H3. The van der Waals surface area contributed by atoms with Gasteiger partial charge in [-0.1, -0.05) is 200 Å².